The van der Waals surface area contributed by atoms with Crippen molar-refractivity contribution in [1.29, 1.82) is 5.26 Å². The molecule has 0 amide bonds. The first-order chi connectivity index (χ1) is 11.2. The number of nitrogens with zero attached hydrogens (tertiary/aromatic N) is 4. The molecule has 0 spiro atoms. The van der Waals surface area contributed by atoms with Crippen LogP contribution in [0, 0.1) is 11.3 Å². The van der Waals surface area contributed by atoms with Crippen molar-refractivity contribution in [2.75, 3.05) is 0 Å². The Kier molecular flexibility index (Phi) is 3.42. The van der Waals surface area contributed by atoms with E-state index in [0.717, 1.165) is 27.6 Å². The zero-order chi connectivity index (χ0) is 16.0. The van der Waals surface area contributed by atoms with Crippen LogP contribution < -0.4 is 0 Å². The Hall–Kier alpha value is -2.19. The Morgan fingerprint density at radius 1 is 1.35 bits per heavy atom. The number of hydrogen-bond acceptors (Lipinski definition) is 4. The SMILES string of the molecule is CCC(C)c1ccc(-c2nc3sc(C4CC4)nn3c2C#N)cc1. The van der Waals surface area contributed by atoms with Crippen LogP contribution >= 0.6 is 11.3 Å². The summed E-state index contributed by atoms with van der Waals surface area (Å²) in [5.74, 6) is 1.14. The molecule has 1 aliphatic rings. The summed E-state index contributed by atoms with van der Waals surface area (Å²) in [6.45, 7) is 4.42. The van der Waals surface area contributed by atoms with Crippen molar-refractivity contribution < 1.29 is 0 Å². The van der Waals surface area contributed by atoms with Gasteiger partial charge in [-0.05, 0) is 30.7 Å². The van der Waals surface area contributed by atoms with Gasteiger partial charge in [0.2, 0.25) is 4.96 Å². The second-order valence-corrected chi connectivity index (χ2v) is 7.25. The van der Waals surface area contributed by atoms with Crippen LogP contribution in [0.15, 0.2) is 24.3 Å². The fourth-order valence-corrected chi connectivity index (χ4v) is 3.83. The molecule has 2 aromatic heterocycles. The standard InChI is InChI=1S/C18H18N4S/c1-3-11(2)12-4-6-13(7-5-12)16-15(10-19)22-18(20-16)23-17(21-22)14-8-9-14/h4-7,11,14H,3,8-9H2,1-2H3. The number of hydrogen-bond donors (Lipinski definition) is 0. The second kappa shape index (κ2) is 5.47. The van der Waals surface area contributed by atoms with E-state index in [0.29, 0.717) is 17.5 Å². The molecule has 1 saturated carbocycles. The summed E-state index contributed by atoms with van der Waals surface area (Å²) in [4.78, 5) is 5.50. The maximum atomic E-state index is 9.56. The van der Waals surface area contributed by atoms with E-state index in [-0.39, 0.29) is 0 Å². The topological polar surface area (TPSA) is 54.0 Å². The Morgan fingerprint density at radius 3 is 2.70 bits per heavy atom. The Balaban J connectivity index is 1.76. The van der Waals surface area contributed by atoms with Gasteiger partial charge in [0.25, 0.3) is 0 Å². The molecule has 2 heterocycles. The van der Waals surface area contributed by atoms with Crippen molar-refractivity contribution in [3.63, 3.8) is 0 Å². The third-order valence-electron chi connectivity index (χ3n) is 4.62. The molecule has 0 bridgehead atoms. The smallest absolute Gasteiger partial charge is 0.214 e. The van der Waals surface area contributed by atoms with E-state index in [2.05, 4.69) is 54.3 Å². The van der Waals surface area contributed by atoms with Crippen LogP contribution in [0.3, 0.4) is 0 Å². The summed E-state index contributed by atoms with van der Waals surface area (Å²) in [7, 11) is 0. The van der Waals surface area contributed by atoms with Crippen LogP contribution in [0.4, 0.5) is 0 Å². The van der Waals surface area contributed by atoms with Gasteiger partial charge in [-0.25, -0.2) is 4.98 Å². The molecule has 1 aromatic carbocycles. The number of aromatic nitrogens is 3. The lowest BCUT2D eigenvalue weighted by Crippen LogP contribution is -1.93. The molecule has 0 saturated heterocycles. The summed E-state index contributed by atoms with van der Waals surface area (Å²) in [6, 6.07) is 10.7. The minimum absolute atomic E-state index is 0.541. The van der Waals surface area contributed by atoms with Crippen molar-refractivity contribution in [1.82, 2.24) is 14.6 Å². The first-order valence-electron chi connectivity index (χ1n) is 8.11. The van der Waals surface area contributed by atoms with E-state index in [4.69, 9.17) is 0 Å². The fourth-order valence-electron chi connectivity index (χ4n) is 2.77. The van der Waals surface area contributed by atoms with Gasteiger partial charge >= 0.3 is 0 Å². The number of imidazole rings is 1. The maximum Gasteiger partial charge on any atom is 0.214 e. The summed E-state index contributed by atoms with van der Waals surface area (Å²) in [5.41, 5.74) is 3.59. The zero-order valence-electron chi connectivity index (χ0n) is 13.3. The van der Waals surface area contributed by atoms with Crippen molar-refractivity contribution in [2.45, 2.75) is 44.9 Å². The monoisotopic (exact) mass is 322 g/mol. The van der Waals surface area contributed by atoms with Gasteiger partial charge in [-0.1, -0.05) is 49.4 Å². The molecule has 0 radical (unpaired) electrons. The van der Waals surface area contributed by atoms with Gasteiger partial charge in [0.15, 0.2) is 5.69 Å². The highest BCUT2D eigenvalue weighted by Crippen LogP contribution is 2.42. The Labute approximate surface area is 139 Å². The molecule has 116 valence electrons. The highest BCUT2D eigenvalue weighted by molar-refractivity contribution is 7.16. The molecule has 1 unspecified atom stereocenters. The summed E-state index contributed by atoms with van der Waals surface area (Å²) >= 11 is 1.61. The summed E-state index contributed by atoms with van der Waals surface area (Å²) in [5, 5.41) is 15.3. The van der Waals surface area contributed by atoms with Crippen molar-refractivity contribution in [2.24, 2.45) is 0 Å². The number of rotatable bonds is 4. The van der Waals surface area contributed by atoms with E-state index in [1.54, 1.807) is 15.9 Å². The Morgan fingerprint density at radius 2 is 2.09 bits per heavy atom. The van der Waals surface area contributed by atoms with E-state index >= 15 is 0 Å². The largest absolute Gasteiger partial charge is 0.216 e. The molecule has 4 nitrogen and oxygen atoms in total. The molecule has 0 N–H and O–H groups in total. The van der Waals surface area contributed by atoms with Gasteiger partial charge in [0.1, 0.15) is 16.8 Å². The van der Waals surface area contributed by atoms with E-state index in [9.17, 15) is 5.26 Å². The van der Waals surface area contributed by atoms with Crippen LogP contribution in [-0.4, -0.2) is 14.6 Å². The minimum Gasteiger partial charge on any atom is -0.216 e. The molecule has 0 aliphatic heterocycles. The first-order valence-corrected chi connectivity index (χ1v) is 8.92. The van der Waals surface area contributed by atoms with Gasteiger partial charge in [-0.15, -0.1) is 0 Å². The summed E-state index contributed by atoms with van der Waals surface area (Å²) < 4.78 is 1.72. The molecular weight excluding hydrogens is 304 g/mol. The van der Waals surface area contributed by atoms with Gasteiger partial charge in [0.05, 0.1) is 0 Å². The van der Waals surface area contributed by atoms with Crippen molar-refractivity contribution >= 4 is 16.3 Å². The maximum absolute atomic E-state index is 9.56. The highest BCUT2D eigenvalue weighted by Gasteiger charge is 2.29. The van der Waals surface area contributed by atoms with Crippen molar-refractivity contribution in [3.8, 4) is 17.3 Å². The lowest BCUT2D eigenvalue weighted by Gasteiger charge is -2.09. The predicted octanol–water partition coefficient (Wildman–Crippen LogP) is 4.72. The van der Waals surface area contributed by atoms with Crippen LogP contribution in [0.2, 0.25) is 0 Å². The zero-order valence-corrected chi connectivity index (χ0v) is 14.1. The molecular formula is C18H18N4S. The first kappa shape index (κ1) is 14.4. The minimum atomic E-state index is 0.541. The van der Waals surface area contributed by atoms with Gasteiger partial charge in [-0.3, -0.25) is 0 Å². The number of nitriles is 1. The molecule has 3 aromatic rings. The lowest BCUT2D eigenvalue weighted by atomic mass is 9.97. The number of fused-ring (bicyclic) bond motifs is 1. The highest BCUT2D eigenvalue weighted by atomic mass is 32.1. The number of benzene rings is 1. The molecule has 1 aliphatic carbocycles. The third-order valence-corrected chi connectivity index (χ3v) is 5.69. The molecule has 4 rings (SSSR count). The fraction of sp³-hybridized carbons (Fsp3) is 0.389. The van der Waals surface area contributed by atoms with Crippen LogP contribution in [0.1, 0.15) is 61.2 Å². The van der Waals surface area contributed by atoms with Gasteiger partial charge in [-0.2, -0.15) is 14.9 Å². The van der Waals surface area contributed by atoms with Gasteiger partial charge in [0, 0.05) is 11.5 Å². The molecule has 1 atom stereocenters. The van der Waals surface area contributed by atoms with Crippen molar-refractivity contribution in [3.05, 3.63) is 40.5 Å². The molecule has 5 heteroatoms. The molecule has 23 heavy (non-hydrogen) atoms. The lowest BCUT2D eigenvalue weighted by molar-refractivity contribution is 0.734. The van der Waals surface area contributed by atoms with Gasteiger partial charge < -0.3 is 0 Å². The van der Waals surface area contributed by atoms with E-state index in [1.807, 2.05) is 0 Å². The quantitative estimate of drug-likeness (QED) is 0.698. The third kappa shape index (κ3) is 2.43. The van der Waals surface area contributed by atoms with E-state index in [1.165, 1.54) is 18.4 Å². The normalized spacial score (nSPS) is 15.7. The van der Waals surface area contributed by atoms with E-state index < -0.39 is 0 Å². The summed E-state index contributed by atoms with van der Waals surface area (Å²) in [6.07, 6.45) is 3.54. The molecule has 1 fully saturated rings. The average molecular weight is 322 g/mol. The van der Waals surface area contributed by atoms with Crippen LogP contribution in [0.25, 0.3) is 16.2 Å². The average Bonchev–Trinajstić information content (AvgIpc) is 3.26. The van der Waals surface area contributed by atoms with Crippen LogP contribution in [-0.2, 0) is 0 Å². The van der Waals surface area contributed by atoms with Crippen LogP contribution in [0.5, 0.6) is 0 Å². The Bertz CT molecular complexity index is 894. The second-order valence-electron chi connectivity index (χ2n) is 6.26. The predicted molar refractivity (Wildman–Crippen MR) is 91.7 cm³/mol.